The highest BCUT2D eigenvalue weighted by Crippen LogP contribution is 2.26. The van der Waals surface area contributed by atoms with Crippen molar-refractivity contribution in [2.45, 2.75) is 64.9 Å². The molecule has 0 aliphatic carbocycles. The van der Waals surface area contributed by atoms with E-state index in [1.54, 1.807) is 43.3 Å². The lowest BCUT2D eigenvalue weighted by Gasteiger charge is -2.32. The second kappa shape index (κ2) is 14.7. The van der Waals surface area contributed by atoms with Crippen LogP contribution < -0.4 is 14.4 Å². The summed E-state index contributed by atoms with van der Waals surface area (Å²) in [5.74, 6) is -0.213. The Morgan fingerprint density at radius 1 is 0.927 bits per heavy atom. The van der Waals surface area contributed by atoms with Gasteiger partial charge in [0, 0.05) is 13.1 Å². The number of anilines is 1. The summed E-state index contributed by atoms with van der Waals surface area (Å²) >= 11 is 0. The molecule has 0 aromatic heterocycles. The van der Waals surface area contributed by atoms with Crippen molar-refractivity contribution in [3.05, 3.63) is 89.5 Å². The Bertz CT molecular complexity index is 1410. The van der Waals surface area contributed by atoms with Gasteiger partial charge in [-0.3, -0.25) is 13.9 Å². The highest BCUT2D eigenvalue weighted by molar-refractivity contribution is 7.92. The van der Waals surface area contributed by atoms with E-state index in [0.29, 0.717) is 24.6 Å². The van der Waals surface area contributed by atoms with Crippen molar-refractivity contribution in [3.63, 3.8) is 0 Å². The van der Waals surface area contributed by atoms with Crippen molar-refractivity contribution in [1.82, 2.24) is 10.2 Å². The maximum Gasteiger partial charge on any atom is 0.264 e. The Kier molecular flexibility index (Phi) is 11.3. The van der Waals surface area contributed by atoms with E-state index in [4.69, 9.17) is 4.74 Å². The van der Waals surface area contributed by atoms with E-state index in [9.17, 15) is 18.0 Å². The van der Waals surface area contributed by atoms with Gasteiger partial charge in [-0.25, -0.2) is 8.42 Å². The number of nitrogens with one attached hydrogen (secondary N) is 1. The Balaban J connectivity index is 2.00. The van der Waals surface area contributed by atoms with Crippen molar-refractivity contribution in [3.8, 4) is 5.75 Å². The van der Waals surface area contributed by atoms with Crippen molar-refractivity contribution >= 4 is 27.5 Å². The number of hydrogen-bond acceptors (Lipinski definition) is 5. The van der Waals surface area contributed by atoms with Gasteiger partial charge in [0.05, 0.1) is 17.2 Å². The van der Waals surface area contributed by atoms with Crippen molar-refractivity contribution in [1.29, 1.82) is 0 Å². The quantitative estimate of drug-likeness (QED) is 0.264. The summed E-state index contributed by atoms with van der Waals surface area (Å²) in [4.78, 5) is 28.6. The van der Waals surface area contributed by atoms with Gasteiger partial charge in [-0.2, -0.15) is 0 Å². The second-order valence-electron chi connectivity index (χ2n) is 10.0. The first-order valence-electron chi connectivity index (χ1n) is 14.0. The Labute approximate surface area is 244 Å². The molecule has 0 saturated heterocycles. The molecule has 0 fully saturated rings. The SMILES string of the molecule is CCCCNC(=O)[C@H](C)N(Cc1ccccc1C)C(=O)CN(c1ccc(C)cc1)S(=O)(=O)c1ccc(OCC)cc1. The Morgan fingerprint density at radius 3 is 2.20 bits per heavy atom. The van der Waals surface area contributed by atoms with Crippen LogP contribution in [0.1, 0.15) is 50.3 Å². The van der Waals surface area contributed by atoms with Crippen molar-refractivity contribution in [2.24, 2.45) is 0 Å². The fourth-order valence-corrected chi connectivity index (χ4v) is 5.75. The summed E-state index contributed by atoms with van der Waals surface area (Å²) in [5, 5.41) is 2.91. The maximum absolute atomic E-state index is 14.0. The van der Waals surface area contributed by atoms with Gasteiger partial charge >= 0.3 is 0 Å². The topological polar surface area (TPSA) is 96.0 Å². The molecule has 0 saturated carbocycles. The highest BCUT2D eigenvalue weighted by Gasteiger charge is 2.32. The summed E-state index contributed by atoms with van der Waals surface area (Å²) < 4.78 is 34.5. The molecule has 3 aromatic carbocycles. The van der Waals surface area contributed by atoms with Crippen LogP contribution in [0.25, 0.3) is 0 Å². The first kappa shape index (κ1) is 31.7. The smallest absolute Gasteiger partial charge is 0.264 e. The first-order valence-corrected chi connectivity index (χ1v) is 15.5. The lowest BCUT2D eigenvalue weighted by atomic mass is 10.1. The van der Waals surface area contributed by atoms with E-state index >= 15 is 0 Å². The standard InChI is InChI=1S/C32H41N3O5S/c1-6-8-21-33-32(37)26(5)34(22-27-12-10-9-11-25(27)4)31(36)23-35(28-15-13-24(3)14-16-28)41(38,39)30-19-17-29(18-20-30)40-7-2/h9-20,26H,6-8,21-23H2,1-5H3,(H,33,37)/t26-/m0/s1. The fourth-order valence-electron chi connectivity index (χ4n) is 4.33. The molecule has 0 unspecified atom stereocenters. The number of unbranched alkanes of at least 4 members (excludes halogenated alkanes) is 1. The summed E-state index contributed by atoms with van der Waals surface area (Å²) in [7, 11) is -4.14. The lowest BCUT2D eigenvalue weighted by molar-refractivity contribution is -0.139. The lowest BCUT2D eigenvalue weighted by Crippen LogP contribution is -2.51. The second-order valence-corrected chi connectivity index (χ2v) is 11.9. The van der Waals surface area contributed by atoms with Crippen LogP contribution in [-0.2, 0) is 26.2 Å². The van der Waals surface area contributed by atoms with Gasteiger partial charge in [0.1, 0.15) is 18.3 Å². The third kappa shape index (κ3) is 8.33. The van der Waals surface area contributed by atoms with Gasteiger partial charge in [0.25, 0.3) is 10.0 Å². The maximum atomic E-state index is 14.0. The molecule has 0 aliphatic heterocycles. The summed E-state index contributed by atoms with van der Waals surface area (Å²) in [6.07, 6.45) is 1.75. The average molecular weight is 580 g/mol. The van der Waals surface area contributed by atoms with E-state index in [-0.39, 0.29) is 17.3 Å². The third-order valence-corrected chi connectivity index (χ3v) is 8.71. The van der Waals surface area contributed by atoms with Crippen LogP contribution in [0.4, 0.5) is 5.69 Å². The van der Waals surface area contributed by atoms with Gasteiger partial charge in [0.15, 0.2) is 0 Å². The molecule has 8 nitrogen and oxygen atoms in total. The molecule has 3 rings (SSSR count). The molecular weight excluding hydrogens is 538 g/mol. The zero-order valence-electron chi connectivity index (χ0n) is 24.6. The van der Waals surface area contributed by atoms with Crippen LogP contribution in [0, 0.1) is 13.8 Å². The summed E-state index contributed by atoms with van der Waals surface area (Å²) in [5.41, 5.74) is 3.16. The number of carbonyl (C=O) groups excluding carboxylic acids is 2. The van der Waals surface area contributed by atoms with Crippen LogP contribution in [0.5, 0.6) is 5.75 Å². The van der Waals surface area contributed by atoms with E-state index in [1.807, 2.05) is 52.0 Å². The minimum absolute atomic E-state index is 0.0325. The molecule has 2 amide bonds. The average Bonchev–Trinajstić information content (AvgIpc) is 2.96. The minimum atomic E-state index is -4.14. The number of amides is 2. The van der Waals surface area contributed by atoms with Gasteiger partial charge in [0.2, 0.25) is 11.8 Å². The van der Waals surface area contributed by atoms with E-state index in [0.717, 1.165) is 33.8 Å². The molecule has 0 bridgehead atoms. The molecule has 9 heteroatoms. The molecule has 1 N–H and O–H groups in total. The largest absolute Gasteiger partial charge is 0.494 e. The van der Waals surface area contributed by atoms with Crippen molar-refractivity contribution in [2.75, 3.05) is 24.0 Å². The number of benzene rings is 3. The number of sulfonamides is 1. The first-order chi connectivity index (χ1) is 19.6. The summed E-state index contributed by atoms with van der Waals surface area (Å²) in [6, 6.07) is 19.9. The molecule has 0 aliphatic rings. The van der Waals surface area contributed by atoms with Crippen LogP contribution >= 0.6 is 0 Å². The zero-order valence-corrected chi connectivity index (χ0v) is 25.4. The Hall–Kier alpha value is -3.85. The van der Waals surface area contributed by atoms with Crippen LogP contribution in [0.3, 0.4) is 0 Å². The zero-order chi connectivity index (χ0) is 30.0. The molecule has 0 heterocycles. The van der Waals surface area contributed by atoms with Gasteiger partial charge in [-0.05, 0) is 81.6 Å². The number of hydrogen-bond donors (Lipinski definition) is 1. The van der Waals surface area contributed by atoms with Crippen LogP contribution in [0.2, 0.25) is 0 Å². The van der Waals surface area contributed by atoms with Crippen molar-refractivity contribution < 1.29 is 22.7 Å². The summed E-state index contributed by atoms with van der Waals surface area (Å²) in [6.45, 7) is 10.1. The molecule has 0 radical (unpaired) electrons. The number of rotatable bonds is 14. The molecule has 220 valence electrons. The van der Waals surface area contributed by atoms with Crippen LogP contribution in [-0.4, -0.2) is 50.9 Å². The van der Waals surface area contributed by atoms with Crippen LogP contribution in [0.15, 0.2) is 77.7 Å². The fraction of sp³-hybridized carbons (Fsp3) is 0.375. The number of carbonyl (C=O) groups is 2. The molecule has 3 aromatic rings. The monoisotopic (exact) mass is 579 g/mol. The van der Waals surface area contributed by atoms with Gasteiger partial charge < -0.3 is 15.0 Å². The molecular formula is C32H41N3O5S. The molecule has 1 atom stereocenters. The van der Waals surface area contributed by atoms with E-state index < -0.39 is 28.5 Å². The van der Waals surface area contributed by atoms with E-state index in [1.165, 1.54) is 17.0 Å². The highest BCUT2D eigenvalue weighted by atomic mass is 32.2. The molecule has 41 heavy (non-hydrogen) atoms. The van der Waals surface area contributed by atoms with E-state index in [2.05, 4.69) is 5.32 Å². The number of nitrogens with zero attached hydrogens (tertiary/aromatic N) is 2. The van der Waals surface area contributed by atoms with Gasteiger partial charge in [-0.1, -0.05) is 55.3 Å². The molecule has 0 spiro atoms. The third-order valence-electron chi connectivity index (χ3n) is 6.92. The predicted octanol–water partition coefficient (Wildman–Crippen LogP) is 5.23. The normalized spacial score (nSPS) is 11.9. The number of ether oxygens (including phenoxy) is 1. The minimum Gasteiger partial charge on any atom is -0.494 e. The predicted molar refractivity (Wildman–Crippen MR) is 162 cm³/mol. The number of aryl methyl sites for hydroxylation is 2. The Morgan fingerprint density at radius 2 is 1.59 bits per heavy atom. The van der Waals surface area contributed by atoms with Gasteiger partial charge in [-0.15, -0.1) is 0 Å².